The van der Waals surface area contributed by atoms with Crippen molar-refractivity contribution in [3.05, 3.63) is 29.8 Å². The van der Waals surface area contributed by atoms with Gasteiger partial charge in [0.25, 0.3) is 0 Å². The van der Waals surface area contributed by atoms with Crippen molar-refractivity contribution in [2.45, 2.75) is 39.0 Å². The van der Waals surface area contributed by atoms with E-state index in [-0.39, 0.29) is 17.7 Å². The van der Waals surface area contributed by atoms with Gasteiger partial charge in [0.1, 0.15) is 0 Å². The minimum Gasteiger partial charge on any atom is -0.481 e. The topological polar surface area (TPSA) is 66.4 Å². The number of rotatable bonds is 5. The maximum atomic E-state index is 12.0. The second-order valence-electron chi connectivity index (χ2n) is 5.99. The summed E-state index contributed by atoms with van der Waals surface area (Å²) in [5.74, 6) is -0.533. The van der Waals surface area contributed by atoms with Crippen LogP contribution in [0.25, 0.3) is 0 Å². The minimum absolute atomic E-state index is 0.00730. The molecule has 4 heteroatoms. The third-order valence-corrected chi connectivity index (χ3v) is 4.28. The zero-order valence-electron chi connectivity index (χ0n) is 12.1. The summed E-state index contributed by atoms with van der Waals surface area (Å²) in [6, 6.07) is 7.17. The van der Waals surface area contributed by atoms with Crippen LogP contribution in [-0.2, 0) is 15.0 Å². The van der Waals surface area contributed by atoms with Gasteiger partial charge in [-0.15, -0.1) is 0 Å². The Hall–Kier alpha value is -1.84. The molecule has 4 nitrogen and oxygen atoms in total. The van der Waals surface area contributed by atoms with Crippen molar-refractivity contribution < 1.29 is 14.7 Å². The first-order chi connectivity index (χ1) is 9.36. The van der Waals surface area contributed by atoms with E-state index in [2.05, 4.69) is 5.32 Å². The third-order valence-electron chi connectivity index (χ3n) is 4.28. The molecule has 1 atom stereocenters. The van der Waals surface area contributed by atoms with E-state index in [0.717, 1.165) is 5.56 Å². The van der Waals surface area contributed by atoms with Gasteiger partial charge in [-0.05, 0) is 36.5 Å². The molecule has 1 aromatic carbocycles. The van der Waals surface area contributed by atoms with Crippen molar-refractivity contribution in [1.29, 1.82) is 0 Å². The minimum atomic E-state index is -0.761. The molecule has 1 fully saturated rings. The van der Waals surface area contributed by atoms with Crippen molar-refractivity contribution in [3.63, 3.8) is 0 Å². The van der Waals surface area contributed by atoms with Crippen LogP contribution in [0.1, 0.15) is 39.2 Å². The number of carbonyl (C=O) groups is 2. The van der Waals surface area contributed by atoms with E-state index < -0.39 is 11.4 Å². The van der Waals surface area contributed by atoms with E-state index in [1.807, 2.05) is 20.8 Å². The number of carboxylic acids is 1. The zero-order valence-corrected chi connectivity index (χ0v) is 12.1. The summed E-state index contributed by atoms with van der Waals surface area (Å²) in [6.07, 6.45) is 1.39. The Balaban J connectivity index is 2.06. The lowest BCUT2D eigenvalue weighted by molar-refractivity contribution is -0.140. The summed E-state index contributed by atoms with van der Waals surface area (Å²) in [6.45, 7) is 5.92. The fourth-order valence-electron chi connectivity index (χ4n) is 2.18. The molecular weight excluding hydrogens is 254 g/mol. The van der Waals surface area contributed by atoms with Gasteiger partial charge in [0.05, 0.1) is 5.41 Å². The first kappa shape index (κ1) is 14.6. The van der Waals surface area contributed by atoms with Crippen molar-refractivity contribution in [3.8, 4) is 0 Å². The molecule has 20 heavy (non-hydrogen) atoms. The van der Waals surface area contributed by atoms with E-state index in [4.69, 9.17) is 0 Å². The maximum Gasteiger partial charge on any atom is 0.314 e. The number of hydrogen-bond acceptors (Lipinski definition) is 2. The normalized spacial score (nSPS) is 17.6. The van der Waals surface area contributed by atoms with Gasteiger partial charge in [-0.1, -0.05) is 32.9 Å². The van der Waals surface area contributed by atoms with E-state index in [0.29, 0.717) is 18.5 Å². The number of anilines is 1. The van der Waals surface area contributed by atoms with Crippen LogP contribution in [0.4, 0.5) is 5.69 Å². The van der Waals surface area contributed by atoms with Crippen molar-refractivity contribution >= 4 is 17.6 Å². The number of hydrogen-bond donors (Lipinski definition) is 2. The van der Waals surface area contributed by atoms with Gasteiger partial charge in [0.15, 0.2) is 0 Å². The highest BCUT2D eigenvalue weighted by Crippen LogP contribution is 2.48. The molecule has 1 unspecified atom stereocenters. The number of aliphatic carboxylic acids is 1. The number of carboxylic acid groups (broad SMARTS) is 1. The van der Waals surface area contributed by atoms with Crippen LogP contribution in [0.3, 0.4) is 0 Å². The predicted molar refractivity (Wildman–Crippen MR) is 77.6 cm³/mol. The average molecular weight is 275 g/mol. The van der Waals surface area contributed by atoms with Crippen LogP contribution in [0, 0.1) is 11.8 Å². The average Bonchev–Trinajstić information content (AvgIpc) is 3.20. The van der Waals surface area contributed by atoms with Gasteiger partial charge in [-0.3, -0.25) is 9.59 Å². The monoisotopic (exact) mass is 275 g/mol. The second kappa shape index (κ2) is 5.27. The zero-order chi connectivity index (χ0) is 14.9. The lowest BCUT2D eigenvalue weighted by atomic mass is 9.95. The summed E-state index contributed by atoms with van der Waals surface area (Å²) in [7, 11) is 0. The molecule has 1 aliphatic carbocycles. The Kier molecular flexibility index (Phi) is 3.84. The van der Waals surface area contributed by atoms with Gasteiger partial charge in [-0.25, -0.2) is 0 Å². The van der Waals surface area contributed by atoms with Crippen molar-refractivity contribution in [2.24, 2.45) is 11.8 Å². The first-order valence-corrected chi connectivity index (χ1v) is 7.01. The van der Waals surface area contributed by atoms with E-state index in [1.54, 1.807) is 24.3 Å². The molecule has 2 N–H and O–H groups in total. The standard InChI is InChI=1S/C16H21NO3/c1-10(2)11(3)14(18)17-13-6-4-12(5-7-13)16(8-9-16)15(19)20/h4-7,10-11H,8-9H2,1-3H3,(H,17,18)(H,19,20). The van der Waals surface area contributed by atoms with E-state index >= 15 is 0 Å². The van der Waals surface area contributed by atoms with Crippen LogP contribution >= 0.6 is 0 Å². The Morgan fingerprint density at radius 1 is 1.15 bits per heavy atom. The van der Waals surface area contributed by atoms with Crippen LogP contribution < -0.4 is 5.32 Å². The first-order valence-electron chi connectivity index (χ1n) is 7.01. The molecule has 0 heterocycles. The molecule has 2 rings (SSSR count). The summed E-state index contributed by atoms with van der Waals surface area (Å²) in [4.78, 5) is 23.2. The van der Waals surface area contributed by atoms with Gasteiger partial charge in [0, 0.05) is 11.6 Å². The molecule has 108 valence electrons. The SMILES string of the molecule is CC(C)C(C)C(=O)Nc1ccc(C2(C(=O)O)CC2)cc1. The van der Waals surface area contributed by atoms with Gasteiger partial charge in [-0.2, -0.15) is 0 Å². The molecule has 0 bridgehead atoms. The lowest BCUT2D eigenvalue weighted by Gasteiger charge is -2.16. The molecule has 0 aromatic heterocycles. The summed E-state index contributed by atoms with van der Waals surface area (Å²) in [5, 5.41) is 12.1. The summed E-state index contributed by atoms with van der Waals surface area (Å²) >= 11 is 0. The number of amides is 1. The highest BCUT2D eigenvalue weighted by atomic mass is 16.4. The maximum absolute atomic E-state index is 12.0. The molecule has 0 saturated heterocycles. The Morgan fingerprint density at radius 3 is 2.10 bits per heavy atom. The quantitative estimate of drug-likeness (QED) is 0.868. The number of benzene rings is 1. The van der Waals surface area contributed by atoms with E-state index in [1.165, 1.54) is 0 Å². The molecule has 1 saturated carbocycles. The fraction of sp³-hybridized carbons (Fsp3) is 0.500. The van der Waals surface area contributed by atoms with Crippen LogP contribution in [0.15, 0.2) is 24.3 Å². The lowest BCUT2D eigenvalue weighted by Crippen LogP contribution is -2.24. The van der Waals surface area contributed by atoms with Gasteiger partial charge >= 0.3 is 5.97 Å². The molecule has 0 spiro atoms. The van der Waals surface area contributed by atoms with Gasteiger partial charge in [0.2, 0.25) is 5.91 Å². The van der Waals surface area contributed by atoms with Gasteiger partial charge < -0.3 is 10.4 Å². The summed E-state index contributed by atoms with van der Waals surface area (Å²) in [5.41, 5.74) is 0.848. The smallest absolute Gasteiger partial charge is 0.314 e. The second-order valence-corrected chi connectivity index (χ2v) is 5.99. The molecule has 1 aliphatic rings. The number of nitrogens with one attached hydrogen (secondary N) is 1. The number of carbonyl (C=O) groups excluding carboxylic acids is 1. The highest BCUT2D eigenvalue weighted by molar-refractivity contribution is 5.92. The molecule has 1 aromatic rings. The van der Waals surface area contributed by atoms with E-state index in [9.17, 15) is 14.7 Å². The Morgan fingerprint density at radius 2 is 1.70 bits per heavy atom. The van der Waals surface area contributed by atoms with Crippen LogP contribution in [-0.4, -0.2) is 17.0 Å². The van der Waals surface area contributed by atoms with Crippen LogP contribution in [0.2, 0.25) is 0 Å². The molecule has 1 amide bonds. The highest BCUT2D eigenvalue weighted by Gasteiger charge is 2.51. The van der Waals surface area contributed by atoms with Crippen LogP contribution in [0.5, 0.6) is 0 Å². The largest absolute Gasteiger partial charge is 0.481 e. The summed E-state index contributed by atoms with van der Waals surface area (Å²) < 4.78 is 0. The predicted octanol–water partition coefficient (Wildman–Crippen LogP) is 3.03. The Labute approximate surface area is 119 Å². The molecular formula is C16H21NO3. The molecule has 0 aliphatic heterocycles. The molecule has 0 radical (unpaired) electrons. The van der Waals surface area contributed by atoms with Crippen molar-refractivity contribution in [1.82, 2.24) is 0 Å². The Bertz CT molecular complexity index is 515. The fourth-order valence-corrected chi connectivity index (χ4v) is 2.18. The van der Waals surface area contributed by atoms with Crippen molar-refractivity contribution in [2.75, 3.05) is 5.32 Å². The third kappa shape index (κ3) is 2.69.